The van der Waals surface area contributed by atoms with Gasteiger partial charge in [-0.2, -0.15) is 0 Å². The van der Waals surface area contributed by atoms with Crippen molar-refractivity contribution >= 4 is 23.4 Å². The second kappa shape index (κ2) is 6.39. The average molecular weight is 289 g/mol. The van der Waals surface area contributed by atoms with E-state index in [1.54, 1.807) is 24.3 Å². The number of para-hydroxylation sites is 1. The summed E-state index contributed by atoms with van der Waals surface area (Å²) < 4.78 is 0. The van der Waals surface area contributed by atoms with Crippen LogP contribution in [-0.2, 0) is 9.59 Å². The maximum Gasteiger partial charge on any atom is 0.254 e. The first-order chi connectivity index (χ1) is 9.97. The van der Waals surface area contributed by atoms with E-state index in [1.807, 2.05) is 0 Å². The highest BCUT2D eigenvalue weighted by atomic mass is 16.2. The highest BCUT2D eigenvalue weighted by Crippen LogP contribution is 2.33. The number of nitrogens with two attached hydrogens (primary N) is 1. The summed E-state index contributed by atoms with van der Waals surface area (Å²) in [6.45, 7) is 1.37. The second-order valence-electron chi connectivity index (χ2n) is 5.33. The maximum atomic E-state index is 12.3. The summed E-state index contributed by atoms with van der Waals surface area (Å²) >= 11 is 0. The van der Waals surface area contributed by atoms with Crippen LogP contribution in [0.5, 0.6) is 0 Å². The Balaban J connectivity index is 2.11. The minimum Gasteiger partial charge on any atom is -0.368 e. The Bertz CT molecular complexity index is 567. The Morgan fingerprint density at radius 2 is 1.95 bits per heavy atom. The van der Waals surface area contributed by atoms with Crippen LogP contribution < -0.4 is 16.4 Å². The molecule has 1 atom stereocenters. The summed E-state index contributed by atoms with van der Waals surface area (Å²) in [5.41, 5.74) is 6.06. The number of benzene rings is 1. The average Bonchev–Trinajstić information content (AvgIpc) is 3.21. The Morgan fingerprint density at radius 1 is 1.29 bits per heavy atom. The van der Waals surface area contributed by atoms with E-state index in [-0.39, 0.29) is 5.91 Å². The number of rotatable bonds is 6. The van der Waals surface area contributed by atoms with Gasteiger partial charge in [-0.3, -0.25) is 14.4 Å². The molecule has 0 aromatic heterocycles. The maximum absolute atomic E-state index is 12.3. The molecule has 0 radical (unpaired) electrons. The molecule has 1 aromatic carbocycles. The van der Waals surface area contributed by atoms with Crippen LogP contribution in [0.2, 0.25) is 0 Å². The molecule has 21 heavy (non-hydrogen) atoms. The summed E-state index contributed by atoms with van der Waals surface area (Å²) in [7, 11) is 0. The highest BCUT2D eigenvalue weighted by molar-refractivity contribution is 6.04. The second-order valence-corrected chi connectivity index (χ2v) is 5.33. The molecule has 2 rings (SSSR count). The van der Waals surface area contributed by atoms with Gasteiger partial charge in [-0.05, 0) is 24.5 Å². The third-order valence-corrected chi connectivity index (χ3v) is 3.40. The molecule has 0 heterocycles. The van der Waals surface area contributed by atoms with Gasteiger partial charge in [0.2, 0.25) is 11.8 Å². The van der Waals surface area contributed by atoms with E-state index < -0.39 is 17.9 Å². The van der Waals surface area contributed by atoms with Crippen LogP contribution in [0.25, 0.3) is 0 Å². The van der Waals surface area contributed by atoms with Crippen molar-refractivity contribution in [2.45, 2.75) is 32.2 Å². The van der Waals surface area contributed by atoms with Crippen molar-refractivity contribution in [2.75, 3.05) is 5.32 Å². The van der Waals surface area contributed by atoms with Gasteiger partial charge in [0.05, 0.1) is 11.3 Å². The van der Waals surface area contributed by atoms with Crippen LogP contribution in [0.3, 0.4) is 0 Å². The van der Waals surface area contributed by atoms with Crippen LogP contribution in [0.1, 0.15) is 36.5 Å². The standard InChI is InChI=1S/C15H19N3O3/c1-9(19)17-12-5-3-2-4-11(12)15(21)18-13(14(16)20)8-10-6-7-10/h2-5,10,13H,6-8H2,1H3,(H2,16,20)(H,17,19)(H,18,21)/t13-/m1/s1. The van der Waals surface area contributed by atoms with Gasteiger partial charge in [0.15, 0.2) is 0 Å². The lowest BCUT2D eigenvalue weighted by Crippen LogP contribution is -2.44. The summed E-state index contributed by atoms with van der Waals surface area (Å²) in [6.07, 6.45) is 2.72. The van der Waals surface area contributed by atoms with E-state index in [0.717, 1.165) is 12.8 Å². The van der Waals surface area contributed by atoms with Crippen LogP contribution in [0.4, 0.5) is 5.69 Å². The number of carbonyl (C=O) groups excluding carboxylic acids is 3. The van der Waals surface area contributed by atoms with Gasteiger partial charge in [0.25, 0.3) is 5.91 Å². The van der Waals surface area contributed by atoms with Gasteiger partial charge in [0, 0.05) is 6.92 Å². The highest BCUT2D eigenvalue weighted by Gasteiger charge is 2.29. The number of carbonyl (C=O) groups is 3. The monoisotopic (exact) mass is 289 g/mol. The normalized spacial score (nSPS) is 15.1. The largest absolute Gasteiger partial charge is 0.368 e. The molecule has 0 bridgehead atoms. The zero-order valence-corrected chi connectivity index (χ0v) is 11.9. The quantitative estimate of drug-likeness (QED) is 0.729. The number of primary amides is 1. The fourth-order valence-electron chi connectivity index (χ4n) is 2.15. The molecule has 4 N–H and O–H groups in total. The number of hydrogen-bond acceptors (Lipinski definition) is 3. The molecule has 1 aliphatic carbocycles. The summed E-state index contributed by atoms with van der Waals surface area (Å²) in [5, 5.41) is 5.25. The Hall–Kier alpha value is -2.37. The van der Waals surface area contributed by atoms with Crippen molar-refractivity contribution in [1.82, 2.24) is 5.32 Å². The van der Waals surface area contributed by atoms with Crippen LogP contribution >= 0.6 is 0 Å². The molecule has 112 valence electrons. The van der Waals surface area contributed by atoms with Crippen molar-refractivity contribution in [3.63, 3.8) is 0 Å². The fourth-order valence-corrected chi connectivity index (χ4v) is 2.15. The summed E-state index contributed by atoms with van der Waals surface area (Å²) in [6, 6.07) is 5.97. The smallest absolute Gasteiger partial charge is 0.254 e. The van der Waals surface area contributed by atoms with Crippen LogP contribution in [0, 0.1) is 5.92 Å². The Kier molecular flexibility index (Phi) is 4.57. The van der Waals surface area contributed by atoms with Gasteiger partial charge in [-0.15, -0.1) is 0 Å². The van der Waals surface area contributed by atoms with Gasteiger partial charge < -0.3 is 16.4 Å². The Labute approximate surface area is 123 Å². The van der Waals surface area contributed by atoms with Gasteiger partial charge in [-0.25, -0.2) is 0 Å². The molecule has 1 aromatic rings. The van der Waals surface area contributed by atoms with E-state index in [4.69, 9.17) is 5.73 Å². The summed E-state index contributed by atoms with van der Waals surface area (Å²) in [5.74, 6) is -0.746. The lowest BCUT2D eigenvalue weighted by Gasteiger charge is -2.16. The van der Waals surface area contributed by atoms with Crippen molar-refractivity contribution in [3.8, 4) is 0 Å². The van der Waals surface area contributed by atoms with Crippen LogP contribution in [-0.4, -0.2) is 23.8 Å². The number of amides is 3. The first-order valence-corrected chi connectivity index (χ1v) is 6.94. The third-order valence-electron chi connectivity index (χ3n) is 3.40. The van der Waals surface area contributed by atoms with E-state index >= 15 is 0 Å². The zero-order chi connectivity index (χ0) is 15.4. The molecule has 3 amide bonds. The SMILES string of the molecule is CC(=O)Nc1ccccc1C(=O)N[C@H](CC1CC1)C(N)=O. The van der Waals surface area contributed by atoms with Crippen molar-refractivity contribution in [1.29, 1.82) is 0 Å². The first-order valence-electron chi connectivity index (χ1n) is 6.94. The van der Waals surface area contributed by atoms with Crippen molar-refractivity contribution in [3.05, 3.63) is 29.8 Å². The molecular formula is C15H19N3O3. The fraction of sp³-hybridized carbons (Fsp3) is 0.400. The first kappa shape index (κ1) is 15.0. The lowest BCUT2D eigenvalue weighted by atomic mass is 10.1. The van der Waals surface area contributed by atoms with E-state index in [0.29, 0.717) is 23.6 Å². The molecule has 0 spiro atoms. The molecule has 6 heteroatoms. The lowest BCUT2D eigenvalue weighted by molar-refractivity contribution is -0.120. The molecule has 6 nitrogen and oxygen atoms in total. The molecule has 0 saturated heterocycles. The van der Waals surface area contributed by atoms with Crippen LogP contribution in [0.15, 0.2) is 24.3 Å². The molecule has 0 aliphatic heterocycles. The van der Waals surface area contributed by atoms with Gasteiger partial charge in [0.1, 0.15) is 6.04 Å². The number of nitrogens with one attached hydrogen (secondary N) is 2. The summed E-state index contributed by atoms with van der Waals surface area (Å²) in [4.78, 5) is 34.9. The molecule has 1 fully saturated rings. The molecular weight excluding hydrogens is 270 g/mol. The van der Waals surface area contributed by atoms with E-state index in [1.165, 1.54) is 6.92 Å². The predicted octanol–water partition coefficient (Wildman–Crippen LogP) is 1.03. The van der Waals surface area contributed by atoms with E-state index in [9.17, 15) is 14.4 Å². The molecule has 1 saturated carbocycles. The third kappa shape index (κ3) is 4.30. The van der Waals surface area contributed by atoms with Crippen molar-refractivity contribution in [2.24, 2.45) is 11.7 Å². The predicted molar refractivity (Wildman–Crippen MR) is 78.5 cm³/mol. The van der Waals surface area contributed by atoms with Gasteiger partial charge >= 0.3 is 0 Å². The topological polar surface area (TPSA) is 101 Å². The Morgan fingerprint density at radius 3 is 2.52 bits per heavy atom. The number of hydrogen-bond donors (Lipinski definition) is 3. The number of anilines is 1. The molecule has 0 unspecified atom stereocenters. The zero-order valence-electron chi connectivity index (χ0n) is 11.9. The van der Waals surface area contributed by atoms with Crippen molar-refractivity contribution < 1.29 is 14.4 Å². The molecule has 1 aliphatic rings. The van der Waals surface area contributed by atoms with Gasteiger partial charge in [-0.1, -0.05) is 25.0 Å². The minimum atomic E-state index is -0.671. The minimum absolute atomic E-state index is 0.264. The van der Waals surface area contributed by atoms with E-state index in [2.05, 4.69) is 10.6 Å².